The lowest BCUT2D eigenvalue weighted by molar-refractivity contribution is -0.135. The number of likely N-dealkylation sites (tertiary alicyclic amines) is 1. The summed E-state index contributed by atoms with van der Waals surface area (Å²) < 4.78 is 24.6. The van der Waals surface area contributed by atoms with E-state index >= 15 is 0 Å². The molecule has 2 rings (SSSR count). The standard InChI is InChI=1S/C15H27F2N5O/c1-12(14(23)21-5-3-4-6-21)20-7-9-22(10-8-20)15(18-2)19-11-13(16)17/h12-13H,3-11H2,1-2H3,(H,18,19). The second-order valence-electron chi connectivity index (χ2n) is 6.05. The predicted molar refractivity (Wildman–Crippen MR) is 85.8 cm³/mol. The summed E-state index contributed by atoms with van der Waals surface area (Å²) in [4.78, 5) is 22.6. The van der Waals surface area contributed by atoms with Crippen LogP contribution in [0.1, 0.15) is 19.8 Å². The molecule has 1 amide bonds. The van der Waals surface area contributed by atoms with Crippen molar-refractivity contribution in [3.8, 4) is 0 Å². The van der Waals surface area contributed by atoms with Crippen LogP contribution < -0.4 is 5.32 Å². The molecule has 0 aromatic heterocycles. The van der Waals surface area contributed by atoms with Gasteiger partial charge in [0, 0.05) is 46.3 Å². The van der Waals surface area contributed by atoms with Gasteiger partial charge in [-0.1, -0.05) is 0 Å². The molecule has 0 radical (unpaired) electrons. The second kappa shape index (κ2) is 8.42. The van der Waals surface area contributed by atoms with Crippen LogP contribution in [0.3, 0.4) is 0 Å². The molecule has 1 unspecified atom stereocenters. The first kappa shape index (κ1) is 17.9. The number of hydrogen-bond acceptors (Lipinski definition) is 3. The van der Waals surface area contributed by atoms with Gasteiger partial charge in [-0.3, -0.25) is 14.7 Å². The number of rotatable bonds is 4. The summed E-state index contributed by atoms with van der Waals surface area (Å²) in [6.45, 7) is 6.13. The highest BCUT2D eigenvalue weighted by atomic mass is 19.3. The van der Waals surface area contributed by atoms with Gasteiger partial charge < -0.3 is 15.1 Å². The number of nitrogens with zero attached hydrogens (tertiary/aromatic N) is 4. The van der Waals surface area contributed by atoms with E-state index in [1.807, 2.05) is 16.7 Å². The molecule has 2 aliphatic rings. The number of carbonyl (C=O) groups is 1. The molecule has 2 saturated heterocycles. The molecule has 1 atom stereocenters. The molecule has 132 valence electrons. The monoisotopic (exact) mass is 331 g/mol. The topological polar surface area (TPSA) is 51.2 Å². The molecule has 8 heteroatoms. The summed E-state index contributed by atoms with van der Waals surface area (Å²) in [7, 11) is 1.60. The van der Waals surface area contributed by atoms with Crippen LogP contribution in [0, 0.1) is 0 Å². The zero-order valence-electron chi connectivity index (χ0n) is 14.0. The van der Waals surface area contributed by atoms with Gasteiger partial charge in [0.2, 0.25) is 5.91 Å². The number of alkyl halides is 2. The van der Waals surface area contributed by atoms with Crippen LogP contribution in [0.2, 0.25) is 0 Å². The number of hydrogen-bond donors (Lipinski definition) is 1. The Morgan fingerprint density at radius 1 is 1.09 bits per heavy atom. The van der Waals surface area contributed by atoms with Crippen molar-refractivity contribution in [2.24, 2.45) is 4.99 Å². The van der Waals surface area contributed by atoms with Crippen LogP contribution in [0.15, 0.2) is 4.99 Å². The zero-order chi connectivity index (χ0) is 16.8. The molecule has 2 fully saturated rings. The van der Waals surface area contributed by atoms with E-state index in [1.54, 1.807) is 7.05 Å². The van der Waals surface area contributed by atoms with Gasteiger partial charge in [-0.2, -0.15) is 0 Å². The lowest BCUT2D eigenvalue weighted by atomic mass is 10.2. The van der Waals surface area contributed by atoms with Crippen LogP contribution in [-0.2, 0) is 4.79 Å². The number of amides is 1. The van der Waals surface area contributed by atoms with Crippen molar-refractivity contribution < 1.29 is 13.6 Å². The van der Waals surface area contributed by atoms with Gasteiger partial charge in [0.1, 0.15) is 0 Å². The summed E-state index contributed by atoms with van der Waals surface area (Å²) in [5, 5.41) is 2.68. The Balaban J connectivity index is 1.81. The lowest BCUT2D eigenvalue weighted by Crippen LogP contribution is -2.57. The molecule has 6 nitrogen and oxygen atoms in total. The molecule has 0 aromatic carbocycles. The van der Waals surface area contributed by atoms with Crippen molar-refractivity contribution >= 4 is 11.9 Å². The van der Waals surface area contributed by atoms with Crippen LogP contribution in [-0.4, -0.2) is 91.9 Å². The van der Waals surface area contributed by atoms with Crippen LogP contribution in [0.4, 0.5) is 8.78 Å². The molecular weight excluding hydrogens is 304 g/mol. The van der Waals surface area contributed by atoms with E-state index in [0.29, 0.717) is 19.0 Å². The largest absolute Gasteiger partial charge is 0.351 e. The summed E-state index contributed by atoms with van der Waals surface area (Å²) in [6, 6.07) is -0.119. The molecular formula is C15H27F2N5O. The quantitative estimate of drug-likeness (QED) is 0.601. The third-order valence-electron chi connectivity index (χ3n) is 4.56. The Labute approximate surface area is 136 Å². The van der Waals surface area contributed by atoms with E-state index in [0.717, 1.165) is 39.0 Å². The Morgan fingerprint density at radius 3 is 2.22 bits per heavy atom. The smallest absolute Gasteiger partial charge is 0.255 e. The van der Waals surface area contributed by atoms with Crippen molar-refractivity contribution in [1.82, 2.24) is 20.0 Å². The Kier molecular flexibility index (Phi) is 6.56. The van der Waals surface area contributed by atoms with E-state index in [9.17, 15) is 13.6 Å². The number of aliphatic imine (C=N–C) groups is 1. The van der Waals surface area contributed by atoms with Gasteiger partial charge in [-0.25, -0.2) is 8.78 Å². The Hall–Kier alpha value is -1.44. The molecule has 0 aromatic rings. The van der Waals surface area contributed by atoms with E-state index in [2.05, 4.69) is 15.2 Å². The van der Waals surface area contributed by atoms with Gasteiger partial charge in [0.25, 0.3) is 6.43 Å². The summed E-state index contributed by atoms with van der Waals surface area (Å²) in [5.74, 6) is 0.708. The first-order valence-corrected chi connectivity index (χ1v) is 8.29. The minimum absolute atomic E-state index is 0.119. The van der Waals surface area contributed by atoms with E-state index in [1.165, 1.54) is 0 Å². The third kappa shape index (κ3) is 4.76. The molecule has 2 heterocycles. The van der Waals surface area contributed by atoms with Gasteiger partial charge in [-0.15, -0.1) is 0 Å². The molecule has 0 bridgehead atoms. The van der Waals surface area contributed by atoms with Crippen LogP contribution >= 0.6 is 0 Å². The number of halogens is 2. The first-order valence-electron chi connectivity index (χ1n) is 8.29. The molecule has 1 N–H and O–H groups in total. The highest BCUT2D eigenvalue weighted by molar-refractivity contribution is 5.82. The highest BCUT2D eigenvalue weighted by Crippen LogP contribution is 2.14. The summed E-state index contributed by atoms with van der Waals surface area (Å²) >= 11 is 0. The maximum Gasteiger partial charge on any atom is 0.255 e. The summed E-state index contributed by atoms with van der Waals surface area (Å²) in [6.07, 6.45) is -0.206. The highest BCUT2D eigenvalue weighted by Gasteiger charge is 2.30. The van der Waals surface area contributed by atoms with Crippen molar-refractivity contribution in [2.75, 3.05) is 52.9 Å². The van der Waals surface area contributed by atoms with E-state index < -0.39 is 13.0 Å². The second-order valence-corrected chi connectivity index (χ2v) is 6.05. The normalized spacial score (nSPS) is 21.9. The minimum Gasteiger partial charge on any atom is -0.351 e. The molecule has 2 aliphatic heterocycles. The molecule has 0 aliphatic carbocycles. The Morgan fingerprint density at radius 2 is 1.70 bits per heavy atom. The Bertz CT molecular complexity index is 418. The molecule has 0 spiro atoms. The predicted octanol–water partition coefficient (Wildman–Crippen LogP) is 0.455. The first-order chi connectivity index (χ1) is 11.0. The van der Waals surface area contributed by atoms with Gasteiger partial charge in [0.05, 0.1) is 12.6 Å². The van der Waals surface area contributed by atoms with E-state index in [-0.39, 0.29) is 11.9 Å². The van der Waals surface area contributed by atoms with Crippen molar-refractivity contribution in [1.29, 1.82) is 0 Å². The molecule has 23 heavy (non-hydrogen) atoms. The van der Waals surface area contributed by atoms with Crippen molar-refractivity contribution in [3.05, 3.63) is 0 Å². The van der Waals surface area contributed by atoms with Gasteiger partial charge >= 0.3 is 0 Å². The SMILES string of the molecule is CN=C(NCC(F)F)N1CCN(C(C)C(=O)N2CCCC2)CC1. The lowest BCUT2D eigenvalue weighted by Gasteiger charge is -2.39. The fourth-order valence-electron chi connectivity index (χ4n) is 3.18. The number of piperazine rings is 1. The maximum absolute atomic E-state index is 12.4. The number of carbonyl (C=O) groups excluding carboxylic acids is 1. The van der Waals surface area contributed by atoms with Gasteiger partial charge in [-0.05, 0) is 19.8 Å². The van der Waals surface area contributed by atoms with Crippen molar-refractivity contribution in [3.63, 3.8) is 0 Å². The van der Waals surface area contributed by atoms with E-state index in [4.69, 9.17) is 0 Å². The zero-order valence-corrected chi connectivity index (χ0v) is 14.0. The number of nitrogens with one attached hydrogen (secondary N) is 1. The average Bonchev–Trinajstić information content (AvgIpc) is 3.09. The summed E-state index contributed by atoms with van der Waals surface area (Å²) in [5.41, 5.74) is 0. The molecule has 0 saturated carbocycles. The van der Waals surface area contributed by atoms with Crippen LogP contribution in [0.25, 0.3) is 0 Å². The maximum atomic E-state index is 12.4. The minimum atomic E-state index is -2.40. The fraction of sp³-hybridized carbons (Fsp3) is 0.867. The van der Waals surface area contributed by atoms with Crippen molar-refractivity contribution in [2.45, 2.75) is 32.2 Å². The average molecular weight is 331 g/mol. The third-order valence-corrected chi connectivity index (χ3v) is 4.56. The fourth-order valence-corrected chi connectivity index (χ4v) is 3.18. The van der Waals surface area contributed by atoms with Crippen LogP contribution in [0.5, 0.6) is 0 Å². The van der Waals surface area contributed by atoms with Gasteiger partial charge in [0.15, 0.2) is 5.96 Å². The number of guanidine groups is 1.